The van der Waals surface area contributed by atoms with E-state index in [2.05, 4.69) is 29.3 Å². The summed E-state index contributed by atoms with van der Waals surface area (Å²) in [5.41, 5.74) is 1.93. The molecule has 0 unspecified atom stereocenters. The molecule has 3 rings (SSSR count). The Morgan fingerprint density at radius 3 is 2.35 bits per heavy atom. The van der Waals surface area contributed by atoms with Gasteiger partial charge in [-0.15, -0.1) is 0 Å². The molecule has 2 aromatic rings. The molecule has 1 amide bonds. The van der Waals surface area contributed by atoms with Crippen molar-refractivity contribution in [2.75, 3.05) is 35.1 Å². The van der Waals surface area contributed by atoms with Crippen molar-refractivity contribution in [3.05, 3.63) is 59.9 Å². The summed E-state index contributed by atoms with van der Waals surface area (Å²) in [6.07, 6.45) is 3.33. The van der Waals surface area contributed by atoms with Gasteiger partial charge in [0.05, 0.1) is 18.0 Å². The quantitative estimate of drug-likeness (QED) is 0.703. The van der Waals surface area contributed by atoms with Gasteiger partial charge in [0.15, 0.2) is 0 Å². The van der Waals surface area contributed by atoms with Crippen LogP contribution in [-0.4, -0.2) is 40.2 Å². The van der Waals surface area contributed by atoms with Crippen LogP contribution in [0.4, 0.5) is 15.8 Å². The molecule has 0 aromatic heterocycles. The van der Waals surface area contributed by atoms with Gasteiger partial charge >= 0.3 is 0 Å². The van der Waals surface area contributed by atoms with Crippen LogP contribution < -0.4 is 14.5 Å². The lowest BCUT2D eigenvalue weighted by Gasteiger charge is -2.32. The van der Waals surface area contributed by atoms with E-state index in [0.29, 0.717) is 0 Å². The number of carbonyl (C=O) groups excluding carboxylic acids is 1. The van der Waals surface area contributed by atoms with Crippen LogP contribution in [0.25, 0.3) is 0 Å². The number of halogens is 1. The average molecular weight is 448 g/mol. The van der Waals surface area contributed by atoms with E-state index in [0.717, 1.165) is 40.8 Å². The standard InChI is InChI=1S/C23H30FN3O3S/c1-17-12-14-26(15-13-17)20-10-8-19(9-11-20)18(2)25-23(28)16-27(31(3,29)30)22-7-5-4-6-21(22)24/h4-11,17-18H,12-16H2,1-3H3,(H,25,28)/t18-/m1/s1. The van der Waals surface area contributed by atoms with E-state index in [4.69, 9.17) is 0 Å². The molecule has 6 nitrogen and oxygen atoms in total. The minimum absolute atomic E-state index is 0.145. The number of hydrogen-bond acceptors (Lipinski definition) is 4. The van der Waals surface area contributed by atoms with Crippen LogP contribution in [0, 0.1) is 11.7 Å². The van der Waals surface area contributed by atoms with Crippen molar-refractivity contribution in [1.29, 1.82) is 0 Å². The van der Waals surface area contributed by atoms with Crippen molar-refractivity contribution in [3.63, 3.8) is 0 Å². The predicted molar refractivity (Wildman–Crippen MR) is 122 cm³/mol. The molecule has 0 radical (unpaired) electrons. The third-order valence-electron chi connectivity index (χ3n) is 5.73. The largest absolute Gasteiger partial charge is 0.372 e. The number of piperidine rings is 1. The molecule has 2 aromatic carbocycles. The summed E-state index contributed by atoms with van der Waals surface area (Å²) in [6.45, 7) is 5.72. The Kier molecular flexibility index (Phi) is 7.20. The van der Waals surface area contributed by atoms with Crippen LogP contribution in [0.1, 0.15) is 38.3 Å². The average Bonchev–Trinajstić information content (AvgIpc) is 2.72. The van der Waals surface area contributed by atoms with E-state index in [1.54, 1.807) is 0 Å². The summed E-state index contributed by atoms with van der Waals surface area (Å²) in [5, 5.41) is 2.81. The van der Waals surface area contributed by atoms with E-state index >= 15 is 0 Å². The number of benzene rings is 2. The first kappa shape index (κ1) is 23.1. The first-order chi connectivity index (χ1) is 14.6. The van der Waals surface area contributed by atoms with Crippen molar-refractivity contribution in [1.82, 2.24) is 5.32 Å². The van der Waals surface area contributed by atoms with E-state index in [-0.39, 0.29) is 11.7 Å². The number of carbonyl (C=O) groups is 1. The molecule has 0 saturated carbocycles. The fourth-order valence-electron chi connectivity index (χ4n) is 3.78. The van der Waals surface area contributed by atoms with Crippen LogP contribution in [0.5, 0.6) is 0 Å². The van der Waals surface area contributed by atoms with Gasteiger partial charge in [-0.05, 0) is 55.5 Å². The van der Waals surface area contributed by atoms with Gasteiger partial charge in [0, 0.05) is 18.8 Å². The minimum atomic E-state index is -3.83. The Labute approximate surface area is 184 Å². The molecular weight excluding hydrogens is 417 g/mol. The van der Waals surface area contributed by atoms with Crippen molar-refractivity contribution in [2.24, 2.45) is 5.92 Å². The van der Waals surface area contributed by atoms with Crippen LogP contribution in [0.2, 0.25) is 0 Å². The molecule has 0 spiro atoms. The predicted octanol–water partition coefficient (Wildman–Crippen LogP) is 3.71. The smallest absolute Gasteiger partial charge is 0.241 e. The summed E-state index contributed by atoms with van der Waals surface area (Å²) in [4.78, 5) is 14.9. The van der Waals surface area contributed by atoms with Crippen molar-refractivity contribution in [2.45, 2.75) is 32.7 Å². The van der Waals surface area contributed by atoms with Crippen molar-refractivity contribution < 1.29 is 17.6 Å². The Hall–Kier alpha value is -2.61. The minimum Gasteiger partial charge on any atom is -0.372 e. The second kappa shape index (κ2) is 9.68. The van der Waals surface area contributed by atoms with Crippen LogP contribution in [-0.2, 0) is 14.8 Å². The van der Waals surface area contributed by atoms with Gasteiger partial charge in [0.2, 0.25) is 15.9 Å². The fourth-order valence-corrected chi connectivity index (χ4v) is 4.63. The highest BCUT2D eigenvalue weighted by atomic mass is 32.2. The zero-order chi connectivity index (χ0) is 22.6. The first-order valence-corrected chi connectivity index (χ1v) is 12.4. The lowest BCUT2D eigenvalue weighted by molar-refractivity contribution is -0.120. The molecule has 1 aliphatic rings. The summed E-state index contributed by atoms with van der Waals surface area (Å²) in [6, 6.07) is 13.2. The Bertz CT molecular complexity index is 1000. The number of hydrogen-bond donors (Lipinski definition) is 1. The lowest BCUT2D eigenvalue weighted by Crippen LogP contribution is -2.41. The molecule has 1 N–H and O–H groups in total. The molecular formula is C23H30FN3O3S. The van der Waals surface area contributed by atoms with Crippen molar-refractivity contribution >= 4 is 27.3 Å². The molecule has 8 heteroatoms. The van der Waals surface area contributed by atoms with E-state index in [9.17, 15) is 17.6 Å². The van der Waals surface area contributed by atoms with Gasteiger partial charge in [-0.3, -0.25) is 9.10 Å². The number of nitrogens with one attached hydrogen (secondary N) is 1. The molecule has 1 atom stereocenters. The molecule has 168 valence electrons. The number of para-hydroxylation sites is 1. The summed E-state index contributed by atoms with van der Waals surface area (Å²) < 4.78 is 39.2. The van der Waals surface area contributed by atoms with Crippen molar-refractivity contribution in [3.8, 4) is 0 Å². The van der Waals surface area contributed by atoms with Gasteiger partial charge in [-0.25, -0.2) is 12.8 Å². The van der Waals surface area contributed by atoms with E-state index in [1.807, 2.05) is 19.1 Å². The Morgan fingerprint density at radius 1 is 1.16 bits per heavy atom. The highest BCUT2D eigenvalue weighted by Gasteiger charge is 2.24. The molecule has 1 saturated heterocycles. The Balaban J connectivity index is 1.64. The van der Waals surface area contributed by atoms with Gasteiger partial charge in [-0.2, -0.15) is 0 Å². The molecule has 31 heavy (non-hydrogen) atoms. The number of rotatable bonds is 7. The molecule has 1 fully saturated rings. The van der Waals surface area contributed by atoms with Crippen LogP contribution >= 0.6 is 0 Å². The zero-order valence-corrected chi connectivity index (χ0v) is 19.0. The summed E-state index contributed by atoms with van der Waals surface area (Å²) >= 11 is 0. The fraction of sp³-hybridized carbons (Fsp3) is 0.435. The summed E-state index contributed by atoms with van der Waals surface area (Å²) in [7, 11) is -3.83. The van der Waals surface area contributed by atoms with Crippen LogP contribution in [0.15, 0.2) is 48.5 Å². The molecule has 1 heterocycles. The number of nitrogens with zero attached hydrogens (tertiary/aromatic N) is 2. The van der Waals surface area contributed by atoms with Gasteiger partial charge in [0.1, 0.15) is 12.4 Å². The highest BCUT2D eigenvalue weighted by Crippen LogP contribution is 2.25. The van der Waals surface area contributed by atoms with E-state index in [1.165, 1.54) is 37.1 Å². The maximum Gasteiger partial charge on any atom is 0.241 e. The third kappa shape index (κ3) is 5.97. The van der Waals surface area contributed by atoms with E-state index < -0.39 is 28.3 Å². The second-order valence-electron chi connectivity index (χ2n) is 8.27. The SMILES string of the molecule is CC1CCN(c2ccc([C@@H](C)NC(=O)CN(c3ccccc3F)S(C)(=O)=O)cc2)CC1. The lowest BCUT2D eigenvalue weighted by atomic mass is 9.98. The third-order valence-corrected chi connectivity index (χ3v) is 6.85. The Morgan fingerprint density at radius 2 is 1.77 bits per heavy atom. The van der Waals surface area contributed by atoms with Gasteiger partial charge in [-0.1, -0.05) is 31.2 Å². The number of sulfonamides is 1. The maximum absolute atomic E-state index is 14.1. The maximum atomic E-state index is 14.1. The molecule has 1 aliphatic heterocycles. The number of amides is 1. The zero-order valence-electron chi connectivity index (χ0n) is 18.2. The monoisotopic (exact) mass is 447 g/mol. The van der Waals surface area contributed by atoms with Gasteiger partial charge in [0.25, 0.3) is 0 Å². The van der Waals surface area contributed by atoms with Gasteiger partial charge < -0.3 is 10.2 Å². The highest BCUT2D eigenvalue weighted by molar-refractivity contribution is 7.92. The van der Waals surface area contributed by atoms with Crippen LogP contribution in [0.3, 0.4) is 0 Å². The second-order valence-corrected chi connectivity index (χ2v) is 10.2. The first-order valence-electron chi connectivity index (χ1n) is 10.5. The topological polar surface area (TPSA) is 69.7 Å². The summed E-state index contributed by atoms with van der Waals surface area (Å²) in [5.74, 6) is -0.437. The normalized spacial score (nSPS) is 16.1. The molecule has 0 aliphatic carbocycles. The molecule has 0 bridgehead atoms. The number of anilines is 2.